The summed E-state index contributed by atoms with van der Waals surface area (Å²) in [5.74, 6) is -0.888. The van der Waals surface area contributed by atoms with Gasteiger partial charge in [-0.15, -0.1) is 0 Å². The summed E-state index contributed by atoms with van der Waals surface area (Å²) < 4.78 is 101. The van der Waals surface area contributed by atoms with E-state index in [9.17, 15) is 2.74 Å². The highest BCUT2D eigenvalue weighted by Gasteiger charge is 2.23. The number of para-hydroxylation sites is 2. The van der Waals surface area contributed by atoms with Gasteiger partial charge in [-0.25, -0.2) is 4.98 Å². The summed E-state index contributed by atoms with van der Waals surface area (Å²) in [6.07, 6.45) is 0. The standard InChI is InChI=1S/C51H33N5/c1-4-15-34(16-5-1)38-21-14-22-39(33-38)35-27-29-40(30-28-35)55-45-25-12-10-23-41(45)43-31-32-44-42-24-11-13-26-46(42)56(48(44)47(43)55)51-53-49(36-17-6-2-7-18-36)52-50(54-51)37-19-8-3-9-20-37/h1-33H/i2D,6D,7D,8D,9D,17D,18D,19D,20D,31D,32D. The highest BCUT2D eigenvalue weighted by molar-refractivity contribution is 6.23. The van der Waals surface area contributed by atoms with E-state index in [1.165, 1.54) is 0 Å². The molecule has 0 fully saturated rings. The molecule has 0 saturated carbocycles. The molecule has 11 rings (SSSR count). The number of hydrogen-bond donors (Lipinski definition) is 0. The van der Waals surface area contributed by atoms with E-state index < -0.39 is 42.3 Å². The fraction of sp³-hybridized carbons (Fsp3) is 0. The molecule has 5 heteroatoms. The van der Waals surface area contributed by atoms with E-state index in [1.807, 2.05) is 89.5 Å². The smallest absolute Gasteiger partial charge is 0.238 e. The van der Waals surface area contributed by atoms with E-state index in [0.717, 1.165) is 39.5 Å². The molecular weight excluding hydrogens is 683 g/mol. The normalized spacial score (nSPS) is 14.3. The maximum atomic E-state index is 9.64. The lowest BCUT2D eigenvalue weighted by atomic mass is 9.99. The maximum absolute atomic E-state index is 9.64. The fourth-order valence-corrected chi connectivity index (χ4v) is 7.54. The second kappa shape index (κ2) is 13.0. The number of benzene rings is 8. The van der Waals surface area contributed by atoms with Crippen molar-refractivity contribution in [1.82, 2.24) is 24.1 Å². The number of nitrogens with zero attached hydrogens (tertiary/aromatic N) is 5. The number of rotatable bonds is 6. The predicted octanol–water partition coefficient (Wildman–Crippen LogP) is 12.7. The third-order valence-electron chi connectivity index (χ3n) is 10.0. The van der Waals surface area contributed by atoms with Gasteiger partial charge in [-0.05, 0) is 52.6 Å². The summed E-state index contributed by atoms with van der Waals surface area (Å²) in [5, 5.41) is 2.14. The van der Waals surface area contributed by atoms with Crippen LogP contribution in [-0.2, 0) is 0 Å². The molecule has 0 atom stereocenters. The minimum absolute atomic E-state index is 0.0150. The number of hydrogen-bond acceptors (Lipinski definition) is 3. The van der Waals surface area contributed by atoms with Crippen LogP contribution in [0.2, 0.25) is 0 Å². The molecule has 5 nitrogen and oxygen atoms in total. The van der Waals surface area contributed by atoms with Crippen LogP contribution < -0.4 is 0 Å². The van der Waals surface area contributed by atoms with Gasteiger partial charge in [0.2, 0.25) is 5.95 Å². The maximum Gasteiger partial charge on any atom is 0.238 e. The zero-order chi connectivity index (χ0) is 46.6. The Bertz CT molecular complexity index is 3830. The molecule has 0 unspecified atom stereocenters. The van der Waals surface area contributed by atoms with Crippen LogP contribution in [0.25, 0.3) is 100 Å². The quantitative estimate of drug-likeness (QED) is 0.171. The molecule has 0 radical (unpaired) electrons. The molecular formula is C51H33N5. The lowest BCUT2D eigenvalue weighted by molar-refractivity contribution is 0.953. The summed E-state index contributed by atoms with van der Waals surface area (Å²) >= 11 is 0. The molecule has 0 spiro atoms. The van der Waals surface area contributed by atoms with Crippen LogP contribution in [0.5, 0.6) is 0 Å². The van der Waals surface area contributed by atoms with Crippen molar-refractivity contribution >= 4 is 43.6 Å². The van der Waals surface area contributed by atoms with Crippen LogP contribution in [-0.4, -0.2) is 24.1 Å². The van der Waals surface area contributed by atoms with Gasteiger partial charge in [0.15, 0.2) is 11.6 Å². The number of aromatic nitrogens is 5. The Morgan fingerprint density at radius 1 is 0.357 bits per heavy atom. The van der Waals surface area contributed by atoms with Crippen LogP contribution in [0.1, 0.15) is 15.1 Å². The van der Waals surface area contributed by atoms with Crippen molar-refractivity contribution < 1.29 is 15.1 Å². The SMILES string of the molecule is [2H]c1cc([2H])c([2H])c(-c2nc(-c3c([2H])c([2H])c([2H])c([2H])c3[2H])nc(-n3c4ccccc4c4c([2H])c([2H])c5c6ccccc6n(-c6ccc(-c7cccc(-c8ccccc8)c7)cc6)c5c43)n2)c1[2H]. The molecule has 3 heterocycles. The minimum atomic E-state index is -0.636. The zero-order valence-corrected chi connectivity index (χ0v) is 29.4. The molecule has 8 aromatic carbocycles. The van der Waals surface area contributed by atoms with Gasteiger partial charge in [0.1, 0.15) is 0 Å². The van der Waals surface area contributed by atoms with E-state index in [4.69, 9.17) is 22.3 Å². The second-order valence-electron chi connectivity index (χ2n) is 13.2. The van der Waals surface area contributed by atoms with Gasteiger partial charge in [0, 0.05) is 38.4 Å². The number of fused-ring (bicyclic) bond motifs is 7. The summed E-state index contributed by atoms with van der Waals surface area (Å²) in [4.78, 5) is 14.2. The lowest BCUT2D eigenvalue weighted by Crippen LogP contribution is -2.07. The highest BCUT2D eigenvalue weighted by atomic mass is 15.2. The Labute approximate surface area is 338 Å². The van der Waals surface area contributed by atoms with E-state index in [2.05, 4.69) is 35.3 Å². The Balaban J connectivity index is 1.25. The minimum Gasteiger partial charge on any atom is -0.307 e. The monoisotopic (exact) mass is 726 g/mol. The Kier molecular flexibility index (Phi) is 5.25. The van der Waals surface area contributed by atoms with E-state index >= 15 is 0 Å². The largest absolute Gasteiger partial charge is 0.307 e. The summed E-state index contributed by atoms with van der Waals surface area (Å²) in [6.45, 7) is 0. The van der Waals surface area contributed by atoms with Crippen molar-refractivity contribution in [3.8, 4) is 56.7 Å². The fourth-order valence-electron chi connectivity index (χ4n) is 7.54. The van der Waals surface area contributed by atoms with Gasteiger partial charge in [0.05, 0.1) is 37.1 Å². The molecule has 0 amide bonds. The van der Waals surface area contributed by atoms with Gasteiger partial charge in [-0.2, -0.15) is 9.97 Å². The van der Waals surface area contributed by atoms with Crippen LogP contribution in [0, 0.1) is 0 Å². The first-order valence-electron chi connectivity index (χ1n) is 23.5. The van der Waals surface area contributed by atoms with Gasteiger partial charge in [0.25, 0.3) is 0 Å². The van der Waals surface area contributed by atoms with E-state index in [0.29, 0.717) is 38.1 Å². The highest BCUT2D eigenvalue weighted by Crippen LogP contribution is 2.42. The topological polar surface area (TPSA) is 48.5 Å². The second-order valence-corrected chi connectivity index (χ2v) is 13.2. The third kappa shape index (κ3) is 5.21. The Morgan fingerprint density at radius 2 is 0.875 bits per heavy atom. The molecule has 262 valence electrons. The van der Waals surface area contributed by atoms with Gasteiger partial charge in [-0.3, -0.25) is 4.57 Å². The average Bonchev–Trinajstić information content (AvgIpc) is 3.88. The van der Waals surface area contributed by atoms with Gasteiger partial charge < -0.3 is 4.57 Å². The summed E-state index contributed by atoms with van der Waals surface area (Å²) in [5.41, 5.74) is 6.43. The molecule has 0 N–H and O–H groups in total. The Hall–Kier alpha value is -7.63. The Morgan fingerprint density at radius 3 is 1.52 bits per heavy atom. The van der Waals surface area contributed by atoms with Gasteiger partial charge in [-0.1, -0.05) is 170 Å². The molecule has 3 aromatic heterocycles. The lowest BCUT2D eigenvalue weighted by Gasteiger charge is -2.14. The zero-order valence-electron chi connectivity index (χ0n) is 40.4. The molecule has 0 aliphatic heterocycles. The first-order valence-corrected chi connectivity index (χ1v) is 18.0. The predicted molar refractivity (Wildman–Crippen MR) is 230 cm³/mol. The molecule has 0 bridgehead atoms. The van der Waals surface area contributed by atoms with Crippen molar-refractivity contribution in [2.75, 3.05) is 0 Å². The first-order chi connectivity index (χ1) is 32.3. The van der Waals surface area contributed by atoms with Crippen LogP contribution in [0.15, 0.2) is 200 Å². The van der Waals surface area contributed by atoms with Crippen LogP contribution in [0.3, 0.4) is 0 Å². The summed E-state index contributed by atoms with van der Waals surface area (Å²) in [7, 11) is 0. The van der Waals surface area contributed by atoms with Crippen molar-refractivity contribution in [3.63, 3.8) is 0 Å². The summed E-state index contributed by atoms with van der Waals surface area (Å²) in [6, 6.07) is 37.6. The molecule has 11 aromatic rings. The van der Waals surface area contributed by atoms with Crippen molar-refractivity contribution in [2.24, 2.45) is 0 Å². The van der Waals surface area contributed by atoms with E-state index in [1.54, 1.807) is 16.7 Å². The van der Waals surface area contributed by atoms with Crippen LogP contribution in [0.4, 0.5) is 0 Å². The average molecular weight is 727 g/mol. The molecule has 56 heavy (non-hydrogen) atoms. The molecule has 0 saturated heterocycles. The van der Waals surface area contributed by atoms with Crippen molar-refractivity contribution in [1.29, 1.82) is 0 Å². The third-order valence-corrected chi connectivity index (χ3v) is 10.0. The van der Waals surface area contributed by atoms with Crippen molar-refractivity contribution in [3.05, 3.63) is 200 Å². The molecule has 0 aliphatic rings. The van der Waals surface area contributed by atoms with Gasteiger partial charge >= 0.3 is 0 Å². The van der Waals surface area contributed by atoms with Crippen molar-refractivity contribution in [2.45, 2.75) is 0 Å². The molecule has 0 aliphatic carbocycles. The van der Waals surface area contributed by atoms with E-state index in [-0.39, 0.29) is 52.9 Å². The first kappa shape index (κ1) is 22.6. The van der Waals surface area contributed by atoms with Crippen LogP contribution >= 0.6 is 0 Å².